The second-order valence-electron chi connectivity index (χ2n) is 25.7. The van der Waals surface area contributed by atoms with Gasteiger partial charge in [0, 0.05) is 18.2 Å². The first-order valence-electron chi connectivity index (χ1n) is 33.3. The number of benzene rings is 4. The van der Waals surface area contributed by atoms with Crippen LogP contribution >= 0.6 is 0 Å². The number of nitrogens with zero attached hydrogens (tertiary/aromatic N) is 2. The van der Waals surface area contributed by atoms with Gasteiger partial charge in [0.25, 0.3) is 0 Å². The molecule has 6 aliphatic heterocycles. The first-order valence-corrected chi connectivity index (χ1v) is 33.3. The van der Waals surface area contributed by atoms with E-state index in [1.807, 2.05) is 18.2 Å². The van der Waals surface area contributed by atoms with Crippen LogP contribution in [0, 0.1) is 0 Å². The first kappa shape index (κ1) is 77.6. The van der Waals surface area contributed by atoms with Gasteiger partial charge in [0.1, 0.15) is 158 Å². The Hall–Kier alpha value is -9.04. The van der Waals surface area contributed by atoms with Crippen LogP contribution in [0.25, 0.3) is 0 Å². The van der Waals surface area contributed by atoms with Crippen molar-refractivity contribution >= 4 is 47.3 Å². The number of nitrogens with two attached hydrogens (primary N) is 2. The van der Waals surface area contributed by atoms with Crippen LogP contribution in [-0.2, 0) is 44.5 Å². The Kier molecular flexibility index (Phi) is 25.9. The van der Waals surface area contributed by atoms with E-state index in [0.717, 1.165) is 4.58 Å². The molecule has 4 aromatic rings. The third kappa shape index (κ3) is 18.0. The fourth-order valence-electron chi connectivity index (χ4n) is 12.7. The van der Waals surface area contributed by atoms with Crippen LogP contribution in [0.3, 0.4) is 0 Å². The number of hydrogen-bond donors (Lipinski definition) is 24. The van der Waals surface area contributed by atoms with Gasteiger partial charge >= 0.3 is 17.8 Å². The molecular formula is C66H88N12O26+2. The number of aliphatic hydroxyl groups excluding tert-OH is 14. The van der Waals surface area contributed by atoms with Crippen molar-refractivity contribution in [3.63, 3.8) is 0 Å². The summed E-state index contributed by atoms with van der Waals surface area (Å²) in [5, 5.41) is 184. The number of guanidine groups is 2. The van der Waals surface area contributed by atoms with Crippen LogP contribution in [0.2, 0.25) is 0 Å². The van der Waals surface area contributed by atoms with Crippen molar-refractivity contribution in [3.8, 4) is 23.0 Å². The SMILES string of the molecule is C[C@H](c1ccccc1)[C@@H]1N=C([O-])C[NH+]=C(O)[C@H](CO)NC(=O)[C@@H]([C@H](O)[C@@H]2CNC(N)=[N+]2[C@@H]2O[C@@H](CO)[C@H](O)[C@H](O)[C@@H]2O)NC(=O)[C@H]([C@H](O)[C@@H]2C[NH+]=C(N)N2)NC(=O)[C@@H](Cc2ccc(O[C@@H]3O[C@H](CO)[C@H](O[C@@H]4O[C@@H](COc5ccc(Oc6ccccc6)cc5)[C@H](O)[C@H](O)[C@@H]4O)[C@@H](O)[C@H]3O)cc2)NC1=O. The molecule has 38 heteroatoms. The molecule has 0 radical (unpaired) electrons. The number of para-hydroxylation sites is 1. The second kappa shape index (κ2) is 34.7. The molecule has 0 aliphatic carbocycles. The highest BCUT2D eigenvalue weighted by molar-refractivity contribution is 5.97. The van der Waals surface area contributed by atoms with Crippen LogP contribution in [0.1, 0.15) is 24.0 Å². The van der Waals surface area contributed by atoms with Gasteiger partial charge in [0.2, 0.25) is 36.1 Å². The van der Waals surface area contributed by atoms with Crippen molar-refractivity contribution in [1.82, 2.24) is 31.9 Å². The molecule has 25 atom stereocenters. The molecule has 6 heterocycles. The predicted octanol–water partition coefficient (Wildman–Crippen LogP) is -13.8. The predicted molar refractivity (Wildman–Crippen MR) is 352 cm³/mol. The fraction of sp³-hybridized carbons (Fsp3) is 0.515. The summed E-state index contributed by atoms with van der Waals surface area (Å²) in [6, 6.07) is 16.5. The average Bonchev–Trinajstić information content (AvgIpc) is 1.42. The molecule has 104 heavy (non-hydrogen) atoms. The number of carbonyl (C=O) groups is 4. The number of aliphatic imine (C=N–C) groups is 1. The molecule has 26 N–H and O–H groups in total. The Morgan fingerprint density at radius 2 is 1.18 bits per heavy atom. The van der Waals surface area contributed by atoms with Crippen molar-refractivity contribution in [2.75, 3.05) is 46.1 Å². The fourth-order valence-corrected chi connectivity index (χ4v) is 12.7. The summed E-state index contributed by atoms with van der Waals surface area (Å²) in [6.45, 7) is -3.21. The maximum atomic E-state index is 15.2. The van der Waals surface area contributed by atoms with E-state index in [0.29, 0.717) is 22.8 Å². The highest BCUT2D eigenvalue weighted by Crippen LogP contribution is 2.33. The summed E-state index contributed by atoms with van der Waals surface area (Å²) in [6.07, 6.45) is -31.5. The number of aliphatic hydroxyl groups is 14. The third-order valence-corrected chi connectivity index (χ3v) is 18.6. The van der Waals surface area contributed by atoms with E-state index in [9.17, 15) is 86.2 Å². The summed E-state index contributed by atoms with van der Waals surface area (Å²) in [4.78, 5) is 69.3. The highest BCUT2D eigenvalue weighted by atomic mass is 16.7. The van der Waals surface area contributed by atoms with Crippen LogP contribution in [0.15, 0.2) is 114 Å². The number of nitrogens with one attached hydrogen (secondary N) is 8. The summed E-state index contributed by atoms with van der Waals surface area (Å²) < 4.78 is 41.9. The zero-order valence-corrected chi connectivity index (χ0v) is 55.7. The van der Waals surface area contributed by atoms with E-state index < -0.39 is 227 Å². The maximum Gasteiger partial charge on any atom is 0.358 e. The quantitative estimate of drug-likeness (QED) is 0.0345. The molecule has 0 bridgehead atoms. The Balaban J connectivity index is 0.899. The maximum absolute atomic E-state index is 15.2. The molecule has 10 rings (SSSR count). The molecule has 0 saturated carbocycles. The molecule has 6 aliphatic rings. The van der Waals surface area contributed by atoms with Gasteiger partial charge in [0.15, 0.2) is 18.9 Å². The smallest absolute Gasteiger partial charge is 0.358 e. The molecule has 0 aromatic heterocycles. The lowest BCUT2D eigenvalue weighted by molar-refractivity contribution is -0.663. The van der Waals surface area contributed by atoms with Crippen molar-refractivity contribution in [3.05, 3.63) is 120 Å². The van der Waals surface area contributed by atoms with Gasteiger partial charge in [-0.1, -0.05) is 67.6 Å². The number of hydrogen-bond acceptors (Lipinski definition) is 30. The minimum atomic E-state index is -2.30. The van der Waals surface area contributed by atoms with E-state index in [4.69, 9.17) is 44.6 Å². The zero-order valence-electron chi connectivity index (χ0n) is 55.7. The van der Waals surface area contributed by atoms with Gasteiger partial charge in [-0.15, -0.1) is 0 Å². The Morgan fingerprint density at radius 3 is 1.84 bits per heavy atom. The minimum Gasteiger partial charge on any atom is -0.858 e. The van der Waals surface area contributed by atoms with Gasteiger partial charge < -0.3 is 131 Å². The molecular weight excluding hydrogens is 1380 g/mol. The van der Waals surface area contributed by atoms with E-state index in [1.54, 1.807) is 73.7 Å². The molecule has 3 fully saturated rings. The van der Waals surface area contributed by atoms with E-state index >= 15 is 9.59 Å². The normalized spacial score (nSPS) is 34.2. The first-order chi connectivity index (χ1) is 49.8. The molecule has 3 saturated heterocycles. The average molecular weight is 1470 g/mol. The summed E-state index contributed by atoms with van der Waals surface area (Å²) in [5.74, 6) is -7.16. The Bertz CT molecular complexity index is 3680. The lowest BCUT2D eigenvalue weighted by Gasteiger charge is -2.46. The lowest BCUT2D eigenvalue weighted by atomic mass is 9.92. The molecule has 0 spiro atoms. The van der Waals surface area contributed by atoms with Gasteiger partial charge in [-0.25, -0.2) is 9.57 Å². The van der Waals surface area contributed by atoms with E-state index in [-0.39, 0.29) is 36.4 Å². The van der Waals surface area contributed by atoms with E-state index in [1.165, 1.54) is 24.3 Å². The third-order valence-electron chi connectivity index (χ3n) is 18.6. The van der Waals surface area contributed by atoms with Crippen molar-refractivity contribution in [2.45, 2.75) is 166 Å². The Labute approximate surface area is 592 Å². The molecule has 4 aromatic carbocycles. The highest BCUT2D eigenvalue weighted by Gasteiger charge is 2.55. The van der Waals surface area contributed by atoms with Gasteiger partial charge in [0.05, 0.1) is 26.4 Å². The molecule has 4 amide bonds. The van der Waals surface area contributed by atoms with Crippen LogP contribution in [-0.4, -0.2) is 316 Å². The van der Waals surface area contributed by atoms with Crippen LogP contribution in [0.4, 0.5) is 0 Å². The van der Waals surface area contributed by atoms with Crippen LogP contribution in [0.5, 0.6) is 23.0 Å². The topological polar surface area (TPSA) is 607 Å². The minimum absolute atomic E-state index is 0.0699. The van der Waals surface area contributed by atoms with E-state index in [2.05, 4.69) is 46.9 Å². The summed E-state index contributed by atoms with van der Waals surface area (Å²) in [7, 11) is 0. The van der Waals surface area contributed by atoms with Crippen LogP contribution < -0.4 is 72.7 Å². The monoisotopic (exact) mass is 1460 g/mol. The lowest BCUT2D eigenvalue weighted by Crippen LogP contribution is -2.80. The van der Waals surface area contributed by atoms with Gasteiger partial charge in [-0.2, -0.15) is 0 Å². The molecule has 38 nitrogen and oxygen atoms in total. The standard InChI is InChI=1S/C66H86N12O26/c1-28(30-8-4-2-5-9-30)43-59(95)72-35(20-29-12-14-34(15-13-29)100-63-55(92)52(89)56(40(26-81)102-63)104-64-54(91)51(88)49(86)41(103-64)27-98-31-16-18-33(19-17-31)99-32-10-6-3-7-11-32)58(94)76-44(46(83)36-21-70-65(67)74-36)61(97)77-45(60(96)73-37(24-79)57(93)69-23-42(82)75-43)47(84)38-22-71-66(68)78(38)62-53(90)50(87)48(85)39(25-80)101-62/h2-19,28,35-41,43-56,62-64,79-81,83-92H,20-27H2,1H3,(H11,67,68,69,70,71,72,73,74,75,76,77,82,93,94,95,96,97)/p+2/t28-,35-,36+,37+,38+,39+,40-,41+,43+,44+,45-,46-,47-,48+,49+,50+,51+,52+,53+,54+,55-,56+,62-,63-,64+/m1/s1. The van der Waals surface area contributed by atoms with Crippen molar-refractivity contribution in [2.24, 2.45) is 16.5 Å². The molecule has 566 valence electrons. The largest absolute Gasteiger partial charge is 0.858 e. The second-order valence-corrected chi connectivity index (χ2v) is 25.7. The molecule has 0 unspecified atom stereocenters. The number of carbonyl (C=O) groups excluding carboxylic acids is 4. The zero-order chi connectivity index (χ0) is 74.8. The number of amides is 4. The number of ether oxygens (including phenoxy) is 7. The van der Waals surface area contributed by atoms with Crippen molar-refractivity contribution < 1.29 is 143 Å². The summed E-state index contributed by atoms with van der Waals surface area (Å²) in [5.41, 5.74) is 13.0. The summed E-state index contributed by atoms with van der Waals surface area (Å²) >= 11 is 0. The van der Waals surface area contributed by atoms with Gasteiger partial charge in [-0.05, 0) is 59.7 Å². The number of rotatable bonds is 21. The van der Waals surface area contributed by atoms with Gasteiger partial charge in [-0.3, -0.25) is 51.3 Å². The van der Waals surface area contributed by atoms with Crippen molar-refractivity contribution in [1.29, 1.82) is 0 Å². The Morgan fingerprint density at radius 1 is 0.606 bits per heavy atom.